The van der Waals surface area contributed by atoms with Gasteiger partial charge < -0.3 is 4.79 Å². The first-order valence-electron chi connectivity index (χ1n) is 9.00. The molecule has 0 aliphatic carbocycles. The van der Waals surface area contributed by atoms with Crippen LogP contribution in [0, 0.1) is 6.92 Å². The summed E-state index contributed by atoms with van der Waals surface area (Å²) in [6.45, 7) is 3.30. The lowest BCUT2D eigenvalue weighted by Crippen LogP contribution is -2.15. The van der Waals surface area contributed by atoms with Crippen LogP contribution in [0.1, 0.15) is 30.0 Å². The van der Waals surface area contributed by atoms with E-state index >= 15 is 0 Å². The van der Waals surface area contributed by atoms with Gasteiger partial charge in [0.2, 0.25) is 0 Å². The number of aromatic amines is 1. The number of rotatable bonds is 5. The highest BCUT2D eigenvalue weighted by Crippen LogP contribution is 2.33. The number of carbonyl (C=O) groups is 1. The number of hydrogen-bond acceptors (Lipinski definition) is 4. The molecular weight excluding hydrogens is 419 g/mol. The fraction of sp³-hybridized carbons (Fsp3) is 0.238. The van der Waals surface area contributed by atoms with Crippen molar-refractivity contribution in [1.29, 1.82) is 0 Å². The number of nitrogens with zero attached hydrogens (tertiary/aromatic N) is 2. The summed E-state index contributed by atoms with van der Waals surface area (Å²) in [7, 11) is 0. The minimum Gasteiger partial charge on any atom is -0.300 e. The summed E-state index contributed by atoms with van der Waals surface area (Å²) in [6, 6.07) is 7.68. The Balaban J connectivity index is 2.07. The number of aryl methyl sites for hydroxylation is 1. The fourth-order valence-corrected chi connectivity index (χ4v) is 3.33. The van der Waals surface area contributed by atoms with Crippen LogP contribution in [-0.2, 0) is 17.4 Å². The maximum Gasteiger partial charge on any atom is 0.416 e. The van der Waals surface area contributed by atoms with Crippen molar-refractivity contribution in [3.05, 3.63) is 68.6 Å². The lowest BCUT2D eigenvalue weighted by atomic mass is 9.97. The number of halogens is 4. The Labute approximate surface area is 175 Å². The van der Waals surface area contributed by atoms with E-state index in [0.717, 1.165) is 23.3 Å². The molecule has 3 aromatic rings. The van der Waals surface area contributed by atoms with E-state index in [0.29, 0.717) is 23.4 Å². The van der Waals surface area contributed by atoms with Gasteiger partial charge in [0.15, 0.2) is 5.82 Å². The zero-order chi connectivity index (χ0) is 22.1. The molecule has 156 valence electrons. The lowest BCUT2D eigenvalue weighted by molar-refractivity contribution is -0.137. The molecule has 9 heteroatoms. The average molecular weight is 436 g/mol. The molecular formula is C21H17ClF3N3O2. The summed E-state index contributed by atoms with van der Waals surface area (Å²) >= 11 is 6.35. The summed E-state index contributed by atoms with van der Waals surface area (Å²) < 4.78 is 38.4. The third-order valence-electron chi connectivity index (χ3n) is 4.63. The van der Waals surface area contributed by atoms with Gasteiger partial charge in [0, 0.05) is 17.5 Å². The van der Waals surface area contributed by atoms with Crippen LogP contribution in [0.5, 0.6) is 0 Å². The van der Waals surface area contributed by atoms with Crippen LogP contribution in [0.2, 0.25) is 5.02 Å². The zero-order valence-corrected chi connectivity index (χ0v) is 16.9. The smallest absolute Gasteiger partial charge is 0.300 e. The van der Waals surface area contributed by atoms with Crippen LogP contribution < -0.4 is 5.69 Å². The second-order valence-corrected chi connectivity index (χ2v) is 7.22. The van der Waals surface area contributed by atoms with Crippen molar-refractivity contribution in [2.24, 2.45) is 0 Å². The quantitative estimate of drug-likeness (QED) is 0.611. The summed E-state index contributed by atoms with van der Waals surface area (Å²) in [6.07, 6.45) is -3.60. The Bertz CT molecular complexity index is 1160. The topological polar surface area (TPSA) is 75.7 Å². The normalized spacial score (nSPS) is 11.5. The van der Waals surface area contributed by atoms with Gasteiger partial charge in [-0.05, 0) is 49.6 Å². The van der Waals surface area contributed by atoms with Crippen molar-refractivity contribution >= 4 is 17.4 Å². The standard InChI is InChI=1S/C21H17ClF3N3O2/c1-11(29)3-4-13-7-10-16(22)17(12(13)2)19-26-18(27-20(30)28-19)14-5-8-15(9-6-14)21(23,24)25/h5-10H,3-4H2,1-2H3,(H,26,27,28,30). The van der Waals surface area contributed by atoms with E-state index in [9.17, 15) is 22.8 Å². The van der Waals surface area contributed by atoms with Crippen molar-refractivity contribution in [2.45, 2.75) is 32.9 Å². The van der Waals surface area contributed by atoms with Crippen LogP contribution in [-0.4, -0.2) is 20.7 Å². The van der Waals surface area contributed by atoms with E-state index in [-0.39, 0.29) is 23.0 Å². The highest BCUT2D eigenvalue weighted by atomic mass is 35.5. The highest BCUT2D eigenvalue weighted by molar-refractivity contribution is 6.33. The van der Waals surface area contributed by atoms with Gasteiger partial charge in [-0.3, -0.25) is 4.98 Å². The van der Waals surface area contributed by atoms with Crippen molar-refractivity contribution in [3.63, 3.8) is 0 Å². The van der Waals surface area contributed by atoms with Crippen LogP contribution in [0.25, 0.3) is 22.8 Å². The Morgan fingerprint density at radius 2 is 1.77 bits per heavy atom. The molecule has 2 aromatic carbocycles. The lowest BCUT2D eigenvalue weighted by Gasteiger charge is -2.13. The molecule has 0 spiro atoms. The Morgan fingerprint density at radius 1 is 1.10 bits per heavy atom. The zero-order valence-electron chi connectivity index (χ0n) is 16.1. The number of benzene rings is 2. The summed E-state index contributed by atoms with van der Waals surface area (Å²) in [5.41, 5.74) is 0.840. The Kier molecular flexibility index (Phi) is 6.07. The molecule has 5 nitrogen and oxygen atoms in total. The van der Waals surface area contributed by atoms with Crippen molar-refractivity contribution in [3.8, 4) is 22.8 Å². The van der Waals surface area contributed by atoms with Crippen molar-refractivity contribution in [1.82, 2.24) is 15.0 Å². The number of alkyl halides is 3. The van der Waals surface area contributed by atoms with E-state index < -0.39 is 17.4 Å². The van der Waals surface area contributed by atoms with E-state index in [1.165, 1.54) is 19.1 Å². The van der Waals surface area contributed by atoms with Gasteiger partial charge in [-0.2, -0.15) is 18.2 Å². The summed E-state index contributed by atoms with van der Waals surface area (Å²) in [4.78, 5) is 34.1. The van der Waals surface area contributed by atoms with E-state index in [1.807, 2.05) is 0 Å². The molecule has 0 aliphatic heterocycles. The predicted octanol–water partition coefficient (Wildman–Crippen LogP) is 5.00. The molecule has 1 heterocycles. The van der Waals surface area contributed by atoms with E-state index in [4.69, 9.17) is 11.6 Å². The van der Waals surface area contributed by atoms with Crippen molar-refractivity contribution in [2.75, 3.05) is 0 Å². The summed E-state index contributed by atoms with van der Waals surface area (Å²) in [5, 5.41) is 0.340. The number of carbonyl (C=O) groups excluding carboxylic acids is 1. The molecule has 3 rings (SSSR count). The van der Waals surface area contributed by atoms with Crippen molar-refractivity contribution < 1.29 is 18.0 Å². The van der Waals surface area contributed by atoms with Crippen LogP contribution in [0.4, 0.5) is 13.2 Å². The second-order valence-electron chi connectivity index (χ2n) is 6.81. The molecule has 1 aromatic heterocycles. The van der Waals surface area contributed by atoms with E-state index in [2.05, 4.69) is 15.0 Å². The van der Waals surface area contributed by atoms with Crippen LogP contribution >= 0.6 is 11.6 Å². The Hall–Kier alpha value is -3.00. The highest BCUT2D eigenvalue weighted by Gasteiger charge is 2.30. The second kappa shape index (κ2) is 8.39. The minimum atomic E-state index is -4.47. The first-order chi connectivity index (χ1) is 14.1. The van der Waals surface area contributed by atoms with Gasteiger partial charge in [0.1, 0.15) is 11.6 Å². The van der Waals surface area contributed by atoms with Crippen LogP contribution in [0.15, 0.2) is 41.2 Å². The van der Waals surface area contributed by atoms with Gasteiger partial charge in [0.25, 0.3) is 0 Å². The average Bonchev–Trinajstić information content (AvgIpc) is 2.66. The maximum atomic E-state index is 12.8. The van der Waals surface area contributed by atoms with Crippen LogP contribution in [0.3, 0.4) is 0 Å². The number of H-pyrrole nitrogens is 1. The molecule has 0 amide bonds. The number of aromatic nitrogens is 3. The molecule has 0 unspecified atom stereocenters. The van der Waals surface area contributed by atoms with E-state index in [1.54, 1.807) is 19.1 Å². The predicted molar refractivity (Wildman–Crippen MR) is 107 cm³/mol. The number of Topliss-reactive ketones (excluding diaryl/α,β-unsaturated/α-hetero) is 1. The summed E-state index contributed by atoms with van der Waals surface area (Å²) in [5.74, 6) is 0.176. The number of hydrogen-bond donors (Lipinski definition) is 1. The minimum absolute atomic E-state index is 0.0212. The van der Waals surface area contributed by atoms with Gasteiger partial charge in [-0.1, -0.05) is 29.8 Å². The largest absolute Gasteiger partial charge is 0.416 e. The molecule has 30 heavy (non-hydrogen) atoms. The molecule has 0 fully saturated rings. The van der Waals surface area contributed by atoms with Gasteiger partial charge in [-0.15, -0.1) is 0 Å². The maximum absolute atomic E-state index is 12.8. The molecule has 1 N–H and O–H groups in total. The molecule has 0 atom stereocenters. The fourth-order valence-electron chi connectivity index (χ4n) is 3.03. The third-order valence-corrected chi connectivity index (χ3v) is 4.95. The van der Waals surface area contributed by atoms with Gasteiger partial charge >= 0.3 is 11.9 Å². The Morgan fingerprint density at radius 3 is 2.37 bits per heavy atom. The monoisotopic (exact) mass is 435 g/mol. The first kappa shape index (κ1) is 21.7. The number of ketones is 1. The van der Waals surface area contributed by atoms with Gasteiger partial charge in [0.05, 0.1) is 10.6 Å². The first-order valence-corrected chi connectivity index (χ1v) is 9.38. The molecule has 0 aliphatic rings. The molecule has 0 bridgehead atoms. The molecule has 0 radical (unpaired) electrons. The SMILES string of the molecule is CC(=O)CCc1ccc(Cl)c(-c2nc(-c3ccc(C(F)(F)F)cc3)nc(=O)[nH]2)c1C. The molecule has 0 saturated heterocycles. The third kappa shape index (κ3) is 4.76. The number of nitrogens with one attached hydrogen (secondary N) is 1. The molecule has 0 saturated carbocycles. The van der Waals surface area contributed by atoms with Gasteiger partial charge in [-0.25, -0.2) is 9.78 Å².